The van der Waals surface area contributed by atoms with Gasteiger partial charge in [-0.2, -0.15) is 0 Å². The third-order valence-corrected chi connectivity index (χ3v) is 7.54. The number of ketones is 1. The maximum atomic E-state index is 14.7. The minimum Gasteiger partial charge on any atom is -0.495 e. The highest BCUT2D eigenvalue weighted by Gasteiger charge is 2.49. The molecule has 4 rings (SSSR count). The van der Waals surface area contributed by atoms with Crippen molar-refractivity contribution in [3.05, 3.63) is 71.8 Å². The number of likely N-dealkylation sites (N-methyl/N-ethyl adjacent to an activating group) is 1. The summed E-state index contributed by atoms with van der Waals surface area (Å²) in [6, 6.07) is 19.3. The molecule has 0 radical (unpaired) electrons. The number of ether oxygens (including phenoxy) is 5. The van der Waals surface area contributed by atoms with Crippen LogP contribution in [0.4, 0.5) is 5.69 Å². The number of carbonyl (C=O) groups excluding carboxylic acids is 1. The fourth-order valence-electron chi connectivity index (χ4n) is 5.53. The quantitative estimate of drug-likeness (QED) is 0.354. The van der Waals surface area contributed by atoms with Gasteiger partial charge in [0.1, 0.15) is 11.3 Å². The molecule has 8 nitrogen and oxygen atoms in total. The Labute approximate surface area is 231 Å². The molecular formula is C31H38N2O6. The van der Waals surface area contributed by atoms with E-state index in [4.69, 9.17) is 23.7 Å². The molecule has 0 amide bonds. The van der Waals surface area contributed by atoms with Gasteiger partial charge in [0.25, 0.3) is 0 Å². The van der Waals surface area contributed by atoms with Gasteiger partial charge < -0.3 is 28.6 Å². The number of hydrogen-bond acceptors (Lipinski definition) is 8. The summed E-state index contributed by atoms with van der Waals surface area (Å²) in [5, 5.41) is 0. The molecule has 1 atom stereocenters. The summed E-state index contributed by atoms with van der Waals surface area (Å²) in [6.07, 6.45) is 0.213. The van der Waals surface area contributed by atoms with Gasteiger partial charge in [0, 0.05) is 26.1 Å². The number of rotatable bonds is 11. The van der Waals surface area contributed by atoms with Gasteiger partial charge in [0.15, 0.2) is 28.8 Å². The van der Waals surface area contributed by atoms with Crippen LogP contribution in [-0.4, -0.2) is 72.4 Å². The van der Waals surface area contributed by atoms with Gasteiger partial charge in [0.2, 0.25) is 0 Å². The highest BCUT2D eigenvalue weighted by Crippen LogP contribution is 2.42. The van der Waals surface area contributed by atoms with Gasteiger partial charge in [0.05, 0.1) is 41.2 Å². The Morgan fingerprint density at radius 1 is 0.744 bits per heavy atom. The summed E-state index contributed by atoms with van der Waals surface area (Å²) in [4.78, 5) is 19.2. The van der Waals surface area contributed by atoms with E-state index in [-0.39, 0.29) is 12.2 Å². The van der Waals surface area contributed by atoms with E-state index in [2.05, 4.69) is 16.7 Å². The molecule has 3 aromatic rings. The van der Waals surface area contributed by atoms with Crippen molar-refractivity contribution in [2.24, 2.45) is 0 Å². The van der Waals surface area contributed by atoms with Crippen molar-refractivity contribution >= 4 is 11.5 Å². The van der Waals surface area contributed by atoms with Crippen LogP contribution >= 0.6 is 0 Å². The fraction of sp³-hybridized carbons (Fsp3) is 0.387. The SMILES string of the molecule is CCN1CCN(c2ccccc2OC)CC1(C(=O)Cc1ccc(OC)c(OC)c1)c1ccc(OC)c(OC)c1. The van der Waals surface area contributed by atoms with E-state index in [1.54, 1.807) is 35.5 Å². The van der Waals surface area contributed by atoms with E-state index in [0.717, 1.165) is 29.1 Å². The minimum absolute atomic E-state index is 0.0726. The first kappa shape index (κ1) is 28.1. The van der Waals surface area contributed by atoms with Crippen molar-refractivity contribution < 1.29 is 28.5 Å². The second-order valence-electron chi connectivity index (χ2n) is 9.39. The maximum Gasteiger partial charge on any atom is 0.163 e. The topological polar surface area (TPSA) is 69.7 Å². The zero-order valence-electron chi connectivity index (χ0n) is 23.7. The highest BCUT2D eigenvalue weighted by atomic mass is 16.5. The second-order valence-corrected chi connectivity index (χ2v) is 9.39. The van der Waals surface area contributed by atoms with Gasteiger partial charge in [-0.25, -0.2) is 0 Å². The lowest BCUT2D eigenvalue weighted by Crippen LogP contribution is -2.64. The Bertz CT molecular complexity index is 1300. The Morgan fingerprint density at radius 2 is 1.36 bits per heavy atom. The molecule has 1 aliphatic rings. The number of piperazine rings is 1. The Kier molecular flexibility index (Phi) is 8.86. The van der Waals surface area contributed by atoms with Gasteiger partial charge in [-0.05, 0) is 54.1 Å². The van der Waals surface area contributed by atoms with Crippen molar-refractivity contribution in [1.82, 2.24) is 4.90 Å². The molecule has 0 spiro atoms. The van der Waals surface area contributed by atoms with E-state index >= 15 is 0 Å². The van der Waals surface area contributed by atoms with Crippen LogP contribution in [0.5, 0.6) is 28.7 Å². The summed E-state index contributed by atoms with van der Waals surface area (Å²) < 4.78 is 27.8. The lowest BCUT2D eigenvalue weighted by Gasteiger charge is -2.51. The molecule has 3 aromatic carbocycles. The molecule has 1 heterocycles. The lowest BCUT2D eigenvalue weighted by atomic mass is 9.79. The van der Waals surface area contributed by atoms with Gasteiger partial charge in [-0.1, -0.05) is 31.2 Å². The largest absolute Gasteiger partial charge is 0.495 e. The number of methoxy groups -OCH3 is 5. The second kappa shape index (κ2) is 12.3. The van der Waals surface area contributed by atoms with Crippen LogP contribution in [0, 0.1) is 0 Å². The van der Waals surface area contributed by atoms with Gasteiger partial charge in [-0.3, -0.25) is 9.69 Å². The Balaban J connectivity index is 1.85. The molecule has 1 aliphatic heterocycles. The van der Waals surface area contributed by atoms with Gasteiger partial charge in [-0.15, -0.1) is 0 Å². The predicted molar refractivity (Wildman–Crippen MR) is 152 cm³/mol. The maximum absolute atomic E-state index is 14.7. The standard InChI is InChI=1S/C31H38N2O6/c1-7-33-17-16-32(24-10-8-9-11-25(24)35-2)21-31(33,23-13-15-27(37-4)29(20-23)39-6)30(34)19-22-12-14-26(36-3)28(18-22)38-5/h8-15,18,20H,7,16-17,19,21H2,1-6H3. The van der Waals surface area contributed by atoms with E-state index in [1.807, 2.05) is 60.7 Å². The molecule has 1 saturated heterocycles. The van der Waals surface area contributed by atoms with Crippen LogP contribution in [0.2, 0.25) is 0 Å². The molecule has 39 heavy (non-hydrogen) atoms. The molecule has 8 heteroatoms. The summed E-state index contributed by atoms with van der Waals surface area (Å²) in [7, 11) is 8.09. The van der Waals surface area contributed by atoms with Crippen LogP contribution in [0.25, 0.3) is 0 Å². The molecule has 0 N–H and O–H groups in total. The molecule has 208 valence electrons. The van der Waals surface area contributed by atoms with Crippen LogP contribution in [0.3, 0.4) is 0 Å². The zero-order chi connectivity index (χ0) is 28.0. The first-order chi connectivity index (χ1) is 18.9. The molecule has 1 unspecified atom stereocenters. The van der Waals surface area contributed by atoms with Crippen LogP contribution < -0.4 is 28.6 Å². The van der Waals surface area contributed by atoms with Crippen molar-refractivity contribution in [2.45, 2.75) is 18.9 Å². The minimum atomic E-state index is -0.958. The van der Waals surface area contributed by atoms with Crippen molar-refractivity contribution in [3.63, 3.8) is 0 Å². The molecule has 0 aliphatic carbocycles. The highest BCUT2D eigenvalue weighted by molar-refractivity contribution is 5.93. The van der Waals surface area contributed by atoms with Crippen LogP contribution in [0.15, 0.2) is 60.7 Å². The Hall–Kier alpha value is -3.91. The lowest BCUT2D eigenvalue weighted by molar-refractivity contribution is -0.132. The van der Waals surface area contributed by atoms with Crippen molar-refractivity contribution in [3.8, 4) is 28.7 Å². The number of nitrogens with zero attached hydrogens (tertiary/aromatic N) is 2. The third kappa shape index (κ3) is 5.34. The molecule has 1 fully saturated rings. The smallest absolute Gasteiger partial charge is 0.163 e. The van der Waals surface area contributed by atoms with Gasteiger partial charge >= 0.3 is 0 Å². The number of anilines is 1. The monoisotopic (exact) mass is 534 g/mol. The van der Waals surface area contributed by atoms with Crippen LogP contribution in [-0.2, 0) is 16.8 Å². The fourth-order valence-corrected chi connectivity index (χ4v) is 5.53. The van der Waals surface area contributed by atoms with Crippen molar-refractivity contribution in [1.29, 1.82) is 0 Å². The number of para-hydroxylation sites is 2. The van der Waals surface area contributed by atoms with Crippen LogP contribution in [0.1, 0.15) is 18.1 Å². The number of Topliss-reactive ketones (excluding diaryl/α,β-unsaturated/α-hetero) is 1. The van der Waals surface area contributed by atoms with E-state index in [9.17, 15) is 4.79 Å². The summed E-state index contributed by atoms with van der Waals surface area (Å²) >= 11 is 0. The molecule has 0 aromatic heterocycles. The predicted octanol–water partition coefficient (Wildman–Crippen LogP) is 4.58. The average molecular weight is 535 g/mol. The zero-order valence-corrected chi connectivity index (χ0v) is 23.7. The number of benzene rings is 3. The molecular weight excluding hydrogens is 496 g/mol. The average Bonchev–Trinajstić information content (AvgIpc) is 2.99. The first-order valence-electron chi connectivity index (χ1n) is 13.0. The van der Waals surface area contributed by atoms with E-state index in [1.165, 1.54) is 0 Å². The molecule has 0 bridgehead atoms. The normalized spacial score (nSPS) is 17.4. The summed E-state index contributed by atoms with van der Waals surface area (Å²) in [6.45, 7) is 4.69. The molecule has 0 saturated carbocycles. The Morgan fingerprint density at radius 3 is 2.00 bits per heavy atom. The summed E-state index contributed by atoms with van der Waals surface area (Å²) in [5.41, 5.74) is 1.70. The third-order valence-electron chi connectivity index (χ3n) is 7.54. The van der Waals surface area contributed by atoms with Crippen molar-refractivity contribution in [2.75, 3.05) is 66.6 Å². The van der Waals surface area contributed by atoms with E-state index < -0.39 is 5.54 Å². The number of hydrogen-bond donors (Lipinski definition) is 0. The number of carbonyl (C=O) groups is 1. The summed E-state index contributed by atoms with van der Waals surface area (Å²) in [5.74, 6) is 3.26. The van der Waals surface area contributed by atoms with E-state index in [0.29, 0.717) is 42.6 Å². The first-order valence-corrected chi connectivity index (χ1v) is 13.0.